The summed E-state index contributed by atoms with van der Waals surface area (Å²) in [4.78, 5) is 4.41. The molecule has 0 atom stereocenters. The van der Waals surface area contributed by atoms with Crippen molar-refractivity contribution in [3.05, 3.63) is 65.0 Å². The Labute approximate surface area is 148 Å². The number of amidine groups is 1. The van der Waals surface area contributed by atoms with Crippen molar-refractivity contribution >= 4 is 5.84 Å². The predicted octanol–water partition coefficient (Wildman–Crippen LogP) is 3.39. The number of hydrogen-bond donors (Lipinski definition) is 1. The Kier molecular flexibility index (Phi) is 5.34. The van der Waals surface area contributed by atoms with Crippen LogP contribution >= 0.6 is 0 Å². The van der Waals surface area contributed by atoms with Crippen molar-refractivity contribution in [2.75, 3.05) is 19.7 Å². The molecule has 5 heteroatoms. The Hall–Kier alpha value is -2.40. The largest absolute Gasteiger partial charge is 0.490 e. The summed E-state index contributed by atoms with van der Waals surface area (Å²) in [6, 6.07) is 13.3. The van der Waals surface area contributed by atoms with E-state index in [0.717, 1.165) is 35.6 Å². The number of hydrazine groups is 1. The van der Waals surface area contributed by atoms with Gasteiger partial charge in [0, 0.05) is 5.56 Å². The van der Waals surface area contributed by atoms with E-state index in [1.807, 2.05) is 44.2 Å². The Bertz CT molecular complexity index is 756. The van der Waals surface area contributed by atoms with E-state index in [1.165, 1.54) is 0 Å². The van der Waals surface area contributed by atoms with Crippen molar-refractivity contribution in [1.29, 1.82) is 0 Å². The lowest BCUT2D eigenvalue weighted by Gasteiger charge is -2.13. The molecule has 0 aliphatic carbocycles. The molecule has 2 N–H and O–H groups in total. The quantitative estimate of drug-likeness (QED) is 0.820. The van der Waals surface area contributed by atoms with Gasteiger partial charge in [-0.1, -0.05) is 44.2 Å². The second-order valence-corrected chi connectivity index (χ2v) is 6.74. The third-order valence-corrected chi connectivity index (χ3v) is 4.06. The molecule has 25 heavy (non-hydrogen) atoms. The minimum Gasteiger partial charge on any atom is -0.490 e. The number of aliphatic imine (C=N–C) groups is 1. The number of ether oxygens (including phenoxy) is 1. The molecule has 3 rings (SSSR count). The molecular weight excluding hydrogens is 317 g/mol. The zero-order valence-electron chi connectivity index (χ0n) is 14.7. The van der Waals surface area contributed by atoms with E-state index in [2.05, 4.69) is 4.99 Å². The minimum absolute atomic E-state index is 0.311. The maximum Gasteiger partial charge on any atom is 0.165 e. The van der Waals surface area contributed by atoms with Crippen molar-refractivity contribution < 1.29 is 9.13 Å². The minimum atomic E-state index is -0.311. The lowest BCUT2D eigenvalue weighted by Crippen LogP contribution is -2.34. The van der Waals surface area contributed by atoms with Gasteiger partial charge in [-0.05, 0) is 35.6 Å². The molecule has 1 aliphatic rings. The monoisotopic (exact) mass is 341 g/mol. The SMILES string of the molecule is CC(C)COc1ccc(Cc2ccc(C3=NCCN3N)cc2)cc1F. The number of rotatable bonds is 6. The van der Waals surface area contributed by atoms with Crippen LogP contribution in [0.15, 0.2) is 47.5 Å². The molecule has 2 aromatic rings. The van der Waals surface area contributed by atoms with Crippen LogP contribution in [0, 0.1) is 11.7 Å². The lowest BCUT2D eigenvalue weighted by molar-refractivity contribution is 0.259. The van der Waals surface area contributed by atoms with Crippen LogP contribution in [0.3, 0.4) is 0 Å². The van der Waals surface area contributed by atoms with E-state index in [0.29, 0.717) is 24.7 Å². The predicted molar refractivity (Wildman–Crippen MR) is 98.3 cm³/mol. The van der Waals surface area contributed by atoms with Crippen LogP contribution in [0.1, 0.15) is 30.5 Å². The molecule has 1 heterocycles. The average molecular weight is 341 g/mol. The lowest BCUT2D eigenvalue weighted by atomic mass is 10.0. The number of nitrogens with two attached hydrogens (primary N) is 1. The third kappa shape index (κ3) is 4.37. The molecule has 4 nitrogen and oxygen atoms in total. The topological polar surface area (TPSA) is 50.8 Å². The van der Waals surface area contributed by atoms with Crippen LogP contribution in [0.2, 0.25) is 0 Å². The number of halogens is 1. The summed E-state index contributed by atoms with van der Waals surface area (Å²) in [5.74, 6) is 7.09. The van der Waals surface area contributed by atoms with Crippen LogP contribution in [0.5, 0.6) is 5.75 Å². The molecule has 0 fully saturated rings. The van der Waals surface area contributed by atoms with Gasteiger partial charge in [0.25, 0.3) is 0 Å². The first kappa shape index (κ1) is 17.4. The maximum atomic E-state index is 14.2. The standard InChI is InChI=1S/C20H24FN3O/c1-14(2)13-25-19-8-5-16(12-18(19)21)11-15-3-6-17(7-4-15)20-23-9-10-24(20)22/h3-8,12,14H,9-11,13,22H2,1-2H3. The molecule has 0 saturated heterocycles. The highest BCUT2D eigenvalue weighted by Crippen LogP contribution is 2.21. The van der Waals surface area contributed by atoms with Crippen molar-refractivity contribution in [3.63, 3.8) is 0 Å². The van der Waals surface area contributed by atoms with Gasteiger partial charge in [-0.3, -0.25) is 10.0 Å². The fraction of sp³-hybridized carbons (Fsp3) is 0.350. The van der Waals surface area contributed by atoms with Crippen LogP contribution in [-0.4, -0.2) is 30.5 Å². The molecule has 0 amide bonds. The maximum absolute atomic E-state index is 14.2. The van der Waals surface area contributed by atoms with Gasteiger partial charge in [0.05, 0.1) is 19.7 Å². The smallest absolute Gasteiger partial charge is 0.165 e. The molecule has 0 bridgehead atoms. The van der Waals surface area contributed by atoms with Gasteiger partial charge in [-0.2, -0.15) is 0 Å². The number of benzene rings is 2. The van der Waals surface area contributed by atoms with Crippen LogP contribution in [-0.2, 0) is 6.42 Å². The Balaban J connectivity index is 1.67. The van der Waals surface area contributed by atoms with Gasteiger partial charge in [-0.15, -0.1) is 0 Å². The van der Waals surface area contributed by atoms with Crippen molar-refractivity contribution in [3.8, 4) is 5.75 Å². The molecule has 132 valence electrons. The molecule has 0 saturated carbocycles. The zero-order chi connectivity index (χ0) is 17.8. The van der Waals surface area contributed by atoms with Crippen LogP contribution in [0.25, 0.3) is 0 Å². The van der Waals surface area contributed by atoms with Gasteiger partial charge < -0.3 is 4.74 Å². The zero-order valence-corrected chi connectivity index (χ0v) is 14.7. The van der Waals surface area contributed by atoms with E-state index in [1.54, 1.807) is 17.1 Å². The van der Waals surface area contributed by atoms with Crippen molar-refractivity contribution in [1.82, 2.24) is 5.01 Å². The first-order valence-corrected chi connectivity index (χ1v) is 8.60. The Morgan fingerprint density at radius 3 is 2.48 bits per heavy atom. The van der Waals surface area contributed by atoms with Crippen molar-refractivity contribution in [2.45, 2.75) is 20.3 Å². The number of nitrogens with zero attached hydrogens (tertiary/aromatic N) is 2. The molecule has 0 spiro atoms. The van der Waals surface area contributed by atoms with E-state index in [9.17, 15) is 4.39 Å². The van der Waals surface area contributed by atoms with Crippen LogP contribution < -0.4 is 10.6 Å². The normalized spacial score (nSPS) is 14.1. The van der Waals surface area contributed by atoms with Gasteiger partial charge >= 0.3 is 0 Å². The van der Waals surface area contributed by atoms with E-state index in [4.69, 9.17) is 10.6 Å². The second-order valence-electron chi connectivity index (χ2n) is 6.74. The van der Waals surface area contributed by atoms with Crippen molar-refractivity contribution in [2.24, 2.45) is 16.8 Å². The summed E-state index contributed by atoms with van der Waals surface area (Å²) in [6.45, 7) is 6.08. The molecule has 0 radical (unpaired) electrons. The summed E-state index contributed by atoms with van der Waals surface area (Å²) in [7, 11) is 0. The van der Waals surface area contributed by atoms with Gasteiger partial charge in [0.15, 0.2) is 11.6 Å². The first-order valence-electron chi connectivity index (χ1n) is 8.60. The average Bonchev–Trinajstić information content (AvgIpc) is 3.01. The van der Waals surface area contributed by atoms with E-state index in [-0.39, 0.29) is 5.82 Å². The molecular formula is C20H24FN3O. The Morgan fingerprint density at radius 2 is 1.88 bits per heavy atom. The summed E-state index contributed by atoms with van der Waals surface area (Å²) in [5, 5.41) is 1.67. The van der Waals surface area contributed by atoms with Crippen LogP contribution in [0.4, 0.5) is 4.39 Å². The first-order chi connectivity index (χ1) is 12.0. The highest BCUT2D eigenvalue weighted by atomic mass is 19.1. The Morgan fingerprint density at radius 1 is 1.16 bits per heavy atom. The fourth-order valence-corrected chi connectivity index (χ4v) is 2.75. The molecule has 1 aliphatic heterocycles. The molecule has 0 unspecified atom stereocenters. The van der Waals surface area contributed by atoms with Gasteiger partial charge in [0.1, 0.15) is 5.84 Å². The molecule has 0 aromatic heterocycles. The highest BCUT2D eigenvalue weighted by Gasteiger charge is 2.15. The molecule has 2 aromatic carbocycles. The van der Waals surface area contributed by atoms with Gasteiger partial charge in [0.2, 0.25) is 0 Å². The summed E-state index contributed by atoms with van der Waals surface area (Å²) < 4.78 is 19.6. The van der Waals surface area contributed by atoms with Gasteiger partial charge in [-0.25, -0.2) is 10.2 Å². The summed E-state index contributed by atoms with van der Waals surface area (Å²) in [6.07, 6.45) is 0.667. The highest BCUT2D eigenvalue weighted by molar-refractivity contribution is 5.99. The second kappa shape index (κ2) is 7.66. The summed E-state index contributed by atoms with van der Waals surface area (Å²) >= 11 is 0. The van der Waals surface area contributed by atoms with E-state index < -0.39 is 0 Å². The summed E-state index contributed by atoms with van der Waals surface area (Å²) in [5.41, 5.74) is 3.04. The third-order valence-electron chi connectivity index (χ3n) is 4.06. The fourth-order valence-electron chi connectivity index (χ4n) is 2.75. The number of hydrogen-bond acceptors (Lipinski definition) is 4. The van der Waals surface area contributed by atoms with E-state index >= 15 is 0 Å².